The first kappa shape index (κ1) is 12.9. The molecule has 0 saturated heterocycles. The van der Waals surface area contributed by atoms with Crippen LogP contribution in [0.15, 0.2) is 18.2 Å². The van der Waals surface area contributed by atoms with Crippen molar-refractivity contribution in [2.75, 3.05) is 11.9 Å². The van der Waals surface area contributed by atoms with Gasteiger partial charge >= 0.3 is 0 Å². The highest BCUT2D eigenvalue weighted by atomic mass is 35.5. The molecular formula is C11H14ClFN2O. The first-order valence-corrected chi connectivity index (χ1v) is 5.38. The maximum absolute atomic E-state index is 12.9. The van der Waals surface area contributed by atoms with Crippen LogP contribution in [-0.2, 0) is 4.79 Å². The molecule has 0 saturated carbocycles. The Balaban J connectivity index is 2.72. The Kier molecular flexibility index (Phi) is 4.71. The molecule has 1 aromatic carbocycles. The van der Waals surface area contributed by atoms with Gasteiger partial charge in [-0.05, 0) is 31.2 Å². The lowest BCUT2D eigenvalue weighted by Crippen LogP contribution is -2.22. The topological polar surface area (TPSA) is 55.1 Å². The van der Waals surface area contributed by atoms with Gasteiger partial charge in [-0.15, -0.1) is 0 Å². The summed E-state index contributed by atoms with van der Waals surface area (Å²) in [6.07, 6.45) is 0.582. The number of amides is 1. The predicted octanol–water partition coefficient (Wildman–Crippen LogP) is 2.40. The van der Waals surface area contributed by atoms with Crippen molar-refractivity contribution in [2.45, 2.75) is 13.3 Å². The number of carbonyl (C=O) groups excluding carboxylic acids is 1. The molecule has 0 aliphatic carbocycles. The van der Waals surface area contributed by atoms with Gasteiger partial charge in [0.05, 0.1) is 10.7 Å². The number of rotatable bonds is 4. The summed E-state index contributed by atoms with van der Waals surface area (Å²) in [5.41, 5.74) is 5.64. The number of carbonyl (C=O) groups is 1. The third-order valence-electron chi connectivity index (χ3n) is 2.23. The maximum atomic E-state index is 12.9. The minimum Gasteiger partial charge on any atom is -0.330 e. The molecule has 1 unspecified atom stereocenters. The fourth-order valence-corrected chi connectivity index (χ4v) is 1.40. The summed E-state index contributed by atoms with van der Waals surface area (Å²) in [5, 5.41) is 2.88. The summed E-state index contributed by atoms with van der Waals surface area (Å²) in [7, 11) is 0. The summed E-state index contributed by atoms with van der Waals surface area (Å²) >= 11 is 5.82. The van der Waals surface area contributed by atoms with Gasteiger partial charge in [-0.1, -0.05) is 18.5 Å². The zero-order valence-electron chi connectivity index (χ0n) is 8.97. The van der Waals surface area contributed by atoms with E-state index in [1.165, 1.54) is 18.2 Å². The second kappa shape index (κ2) is 5.82. The summed E-state index contributed by atoms with van der Waals surface area (Å²) < 4.78 is 12.9. The van der Waals surface area contributed by atoms with Crippen molar-refractivity contribution in [2.24, 2.45) is 11.7 Å². The van der Waals surface area contributed by atoms with Gasteiger partial charge in [0.2, 0.25) is 5.91 Å². The van der Waals surface area contributed by atoms with E-state index in [9.17, 15) is 9.18 Å². The summed E-state index contributed by atoms with van der Waals surface area (Å²) in [6.45, 7) is 2.20. The van der Waals surface area contributed by atoms with E-state index < -0.39 is 5.82 Å². The smallest absolute Gasteiger partial charge is 0.227 e. The van der Waals surface area contributed by atoms with Crippen LogP contribution in [-0.4, -0.2) is 12.5 Å². The van der Waals surface area contributed by atoms with Crippen molar-refractivity contribution in [3.05, 3.63) is 29.0 Å². The predicted molar refractivity (Wildman–Crippen MR) is 62.9 cm³/mol. The lowest BCUT2D eigenvalue weighted by atomic mass is 10.1. The maximum Gasteiger partial charge on any atom is 0.227 e. The number of nitrogens with two attached hydrogens (primary N) is 1. The standard InChI is InChI=1S/C11H14ClFN2O/c1-7(4-5-14)11(16)15-10-6-8(13)2-3-9(10)12/h2-3,6-7H,4-5,14H2,1H3,(H,15,16). The minimum absolute atomic E-state index is 0.210. The molecule has 5 heteroatoms. The molecule has 0 spiro atoms. The van der Waals surface area contributed by atoms with Gasteiger partial charge < -0.3 is 11.1 Å². The summed E-state index contributed by atoms with van der Waals surface area (Å²) in [5.74, 6) is -0.867. The second-order valence-electron chi connectivity index (χ2n) is 3.59. The van der Waals surface area contributed by atoms with E-state index in [4.69, 9.17) is 17.3 Å². The Morgan fingerprint density at radius 2 is 2.31 bits per heavy atom. The first-order valence-electron chi connectivity index (χ1n) is 5.00. The van der Waals surface area contributed by atoms with Crippen LogP contribution < -0.4 is 11.1 Å². The molecule has 16 heavy (non-hydrogen) atoms. The molecule has 1 amide bonds. The Morgan fingerprint density at radius 3 is 2.94 bits per heavy atom. The normalized spacial score (nSPS) is 12.2. The van der Waals surface area contributed by atoms with Gasteiger partial charge in [0, 0.05) is 5.92 Å². The van der Waals surface area contributed by atoms with Gasteiger partial charge in [0.15, 0.2) is 0 Å². The lowest BCUT2D eigenvalue weighted by molar-refractivity contribution is -0.119. The van der Waals surface area contributed by atoms with Crippen molar-refractivity contribution < 1.29 is 9.18 Å². The number of anilines is 1. The third kappa shape index (κ3) is 3.47. The van der Waals surface area contributed by atoms with E-state index >= 15 is 0 Å². The van der Waals surface area contributed by atoms with Crippen molar-refractivity contribution in [3.8, 4) is 0 Å². The van der Waals surface area contributed by atoms with Crippen LogP contribution in [0.2, 0.25) is 5.02 Å². The highest BCUT2D eigenvalue weighted by Gasteiger charge is 2.13. The number of hydrogen-bond acceptors (Lipinski definition) is 2. The van der Waals surface area contributed by atoms with Crippen LogP contribution in [0.1, 0.15) is 13.3 Å². The van der Waals surface area contributed by atoms with Gasteiger partial charge in [0.25, 0.3) is 0 Å². The zero-order chi connectivity index (χ0) is 12.1. The molecule has 3 N–H and O–H groups in total. The van der Waals surface area contributed by atoms with Gasteiger partial charge in [-0.2, -0.15) is 0 Å². The zero-order valence-corrected chi connectivity index (χ0v) is 9.72. The van der Waals surface area contributed by atoms with Crippen LogP contribution in [0.3, 0.4) is 0 Å². The van der Waals surface area contributed by atoms with Crippen LogP contribution in [0, 0.1) is 11.7 Å². The summed E-state index contributed by atoms with van der Waals surface area (Å²) in [6, 6.07) is 3.83. The molecule has 0 radical (unpaired) electrons. The van der Waals surface area contributed by atoms with E-state index in [0.717, 1.165) is 0 Å². The number of halogens is 2. The van der Waals surface area contributed by atoms with Crippen molar-refractivity contribution in [1.82, 2.24) is 0 Å². The van der Waals surface area contributed by atoms with Crippen LogP contribution in [0.5, 0.6) is 0 Å². The van der Waals surface area contributed by atoms with Gasteiger partial charge in [-0.25, -0.2) is 4.39 Å². The molecule has 1 atom stereocenters. The molecule has 88 valence electrons. The molecule has 1 aromatic rings. The number of benzene rings is 1. The van der Waals surface area contributed by atoms with Crippen molar-refractivity contribution >= 4 is 23.2 Å². The fourth-order valence-electron chi connectivity index (χ4n) is 1.23. The van der Waals surface area contributed by atoms with Gasteiger partial charge in [0.1, 0.15) is 5.82 Å². The average Bonchev–Trinajstić information content (AvgIpc) is 2.23. The molecule has 3 nitrogen and oxygen atoms in total. The monoisotopic (exact) mass is 244 g/mol. The first-order chi connectivity index (χ1) is 7.54. The number of nitrogens with one attached hydrogen (secondary N) is 1. The molecule has 0 fully saturated rings. The molecule has 0 bridgehead atoms. The van der Waals surface area contributed by atoms with E-state index in [2.05, 4.69) is 5.32 Å². The van der Waals surface area contributed by atoms with Crippen molar-refractivity contribution in [3.63, 3.8) is 0 Å². The largest absolute Gasteiger partial charge is 0.330 e. The molecule has 0 heterocycles. The van der Waals surface area contributed by atoms with E-state index in [1.807, 2.05) is 0 Å². The second-order valence-corrected chi connectivity index (χ2v) is 4.00. The Bertz CT molecular complexity index is 384. The van der Waals surface area contributed by atoms with E-state index in [-0.39, 0.29) is 17.5 Å². The van der Waals surface area contributed by atoms with Crippen LogP contribution >= 0.6 is 11.6 Å². The highest BCUT2D eigenvalue weighted by Crippen LogP contribution is 2.23. The quantitative estimate of drug-likeness (QED) is 0.855. The molecule has 0 aromatic heterocycles. The number of hydrogen-bond donors (Lipinski definition) is 2. The van der Waals surface area contributed by atoms with Crippen LogP contribution in [0.25, 0.3) is 0 Å². The molecular weight excluding hydrogens is 231 g/mol. The summed E-state index contributed by atoms with van der Waals surface area (Å²) in [4.78, 5) is 11.6. The fraction of sp³-hybridized carbons (Fsp3) is 0.364. The van der Waals surface area contributed by atoms with E-state index in [1.54, 1.807) is 6.92 Å². The Labute approximate surface area is 98.8 Å². The molecule has 0 aliphatic rings. The molecule has 1 rings (SSSR count). The Morgan fingerprint density at radius 1 is 1.62 bits per heavy atom. The van der Waals surface area contributed by atoms with Gasteiger partial charge in [-0.3, -0.25) is 4.79 Å². The molecule has 0 aliphatic heterocycles. The average molecular weight is 245 g/mol. The van der Waals surface area contributed by atoms with Crippen LogP contribution in [0.4, 0.5) is 10.1 Å². The lowest BCUT2D eigenvalue weighted by Gasteiger charge is -2.12. The van der Waals surface area contributed by atoms with Crippen molar-refractivity contribution in [1.29, 1.82) is 0 Å². The Hall–Kier alpha value is -1.13. The van der Waals surface area contributed by atoms with E-state index in [0.29, 0.717) is 18.0 Å². The highest BCUT2D eigenvalue weighted by molar-refractivity contribution is 6.33. The SMILES string of the molecule is CC(CCN)C(=O)Nc1cc(F)ccc1Cl. The minimum atomic E-state index is -0.439. The third-order valence-corrected chi connectivity index (χ3v) is 2.56.